The predicted molar refractivity (Wildman–Crippen MR) is 82.0 cm³/mol. The SMILES string of the molecule is Cc1noc(C)c1S(=O)(=O)N(CCO)CCc1ccccc1. The van der Waals surface area contributed by atoms with E-state index < -0.39 is 10.0 Å². The fourth-order valence-corrected chi connectivity index (χ4v) is 4.06. The van der Waals surface area contributed by atoms with Crippen molar-refractivity contribution in [2.24, 2.45) is 0 Å². The second-order valence-electron chi connectivity index (χ2n) is 5.02. The molecule has 0 aliphatic carbocycles. The Morgan fingerprint density at radius 3 is 2.41 bits per heavy atom. The zero-order valence-electron chi connectivity index (χ0n) is 12.7. The van der Waals surface area contributed by atoms with E-state index in [0.717, 1.165) is 5.56 Å². The summed E-state index contributed by atoms with van der Waals surface area (Å²) in [5, 5.41) is 12.9. The molecule has 2 aromatic rings. The van der Waals surface area contributed by atoms with E-state index in [1.165, 1.54) is 4.31 Å². The quantitative estimate of drug-likeness (QED) is 0.835. The van der Waals surface area contributed by atoms with Crippen LogP contribution in [0, 0.1) is 13.8 Å². The molecule has 0 unspecified atom stereocenters. The van der Waals surface area contributed by atoms with Gasteiger partial charge in [-0.3, -0.25) is 0 Å². The van der Waals surface area contributed by atoms with Crippen LogP contribution in [0.4, 0.5) is 0 Å². The Kier molecular flexibility index (Phi) is 5.33. The van der Waals surface area contributed by atoms with E-state index in [1.54, 1.807) is 13.8 Å². The van der Waals surface area contributed by atoms with Crippen LogP contribution in [0.25, 0.3) is 0 Å². The van der Waals surface area contributed by atoms with Crippen LogP contribution < -0.4 is 0 Å². The maximum absolute atomic E-state index is 12.8. The van der Waals surface area contributed by atoms with Gasteiger partial charge in [0.2, 0.25) is 10.0 Å². The minimum Gasteiger partial charge on any atom is -0.395 e. The highest BCUT2D eigenvalue weighted by Gasteiger charge is 2.30. The smallest absolute Gasteiger partial charge is 0.248 e. The molecule has 0 aliphatic rings. The van der Waals surface area contributed by atoms with Crippen molar-refractivity contribution in [3.63, 3.8) is 0 Å². The molecule has 22 heavy (non-hydrogen) atoms. The first kappa shape index (κ1) is 16.7. The van der Waals surface area contributed by atoms with Crippen LogP contribution in [0.1, 0.15) is 17.0 Å². The third kappa shape index (κ3) is 3.55. The van der Waals surface area contributed by atoms with Crippen molar-refractivity contribution in [3.8, 4) is 0 Å². The van der Waals surface area contributed by atoms with Gasteiger partial charge < -0.3 is 9.63 Å². The summed E-state index contributed by atoms with van der Waals surface area (Å²) in [6.45, 7) is 3.26. The van der Waals surface area contributed by atoms with Crippen molar-refractivity contribution < 1.29 is 18.0 Å². The molecule has 0 saturated heterocycles. The average molecular weight is 324 g/mol. The van der Waals surface area contributed by atoms with Crippen molar-refractivity contribution in [2.75, 3.05) is 19.7 Å². The number of benzene rings is 1. The standard InChI is InChI=1S/C15H20N2O4S/c1-12-15(13(2)21-16-12)22(19,20)17(10-11-18)9-8-14-6-4-3-5-7-14/h3-7,18H,8-11H2,1-2H3. The molecule has 1 aromatic carbocycles. The van der Waals surface area contributed by atoms with Gasteiger partial charge in [-0.2, -0.15) is 4.31 Å². The lowest BCUT2D eigenvalue weighted by atomic mass is 10.1. The van der Waals surface area contributed by atoms with Gasteiger partial charge in [-0.1, -0.05) is 35.5 Å². The molecule has 0 fully saturated rings. The largest absolute Gasteiger partial charge is 0.395 e. The fraction of sp³-hybridized carbons (Fsp3) is 0.400. The maximum atomic E-state index is 12.8. The van der Waals surface area contributed by atoms with E-state index in [-0.39, 0.29) is 30.4 Å². The van der Waals surface area contributed by atoms with E-state index in [1.807, 2.05) is 30.3 Å². The molecular formula is C15H20N2O4S. The van der Waals surface area contributed by atoms with Crippen LogP contribution in [0.3, 0.4) is 0 Å². The van der Waals surface area contributed by atoms with Gasteiger partial charge in [-0.15, -0.1) is 0 Å². The van der Waals surface area contributed by atoms with Gasteiger partial charge in [0.15, 0.2) is 5.76 Å². The molecule has 2 rings (SSSR count). The molecule has 0 radical (unpaired) electrons. The second kappa shape index (κ2) is 7.04. The number of aliphatic hydroxyl groups excluding tert-OH is 1. The summed E-state index contributed by atoms with van der Waals surface area (Å²) < 4.78 is 31.7. The first-order valence-corrected chi connectivity index (χ1v) is 8.48. The maximum Gasteiger partial charge on any atom is 0.248 e. The highest BCUT2D eigenvalue weighted by Crippen LogP contribution is 2.23. The molecule has 0 spiro atoms. The molecule has 1 N–H and O–H groups in total. The molecular weight excluding hydrogens is 304 g/mol. The number of sulfonamides is 1. The van der Waals surface area contributed by atoms with Crippen molar-refractivity contribution in [1.29, 1.82) is 0 Å². The van der Waals surface area contributed by atoms with Crippen LogP contribution in [0.5, 0.6) is 0 Å². The molecule has 1 aromatic heterocycles. The van der Waals surface area contributed by atoms with Crippen LogP contribution in [-0.2, 0) is 16.4 Å². The molecule has 1 heterocycles. The van der Waals surface area contributed by atoms with Gasteiger partial charge in [0.1, 0.15) is 10.6 Å². The fourth-order valence-electron chi connectivity index (χ4n) is 2.33. The monoisotopic (exact) mass is 324 g/mol. The Hall–Kier alpha value is -1.70. The molecule has 0 saturated carbocycles. The number of rotatable bonds is 7. The average Bonchev–Trinajstić information content (AvgIpc) is 2.84. The highest BCUT2D eigenvalue weighted by molar-refractivity contribution is 7.89. The molecule has 0 aliphatic heterocycles. The summed E-state index contributed by atoms with van der Waals surface area (Å²) in [5.41, 5.74) is 1.37. The molecule has 0 atom stereocenters. The van der Waals surface area contributed by atoms with Crippen LogP contribution in [0.2, 0.25) is 0 Å². The summed E-state index contributed by atoms with van der Waals surface area (Å²) >= 11 is 0. The Morgan fingerprint density at radius 2 is 1.86 bits per heavy atom. The third-order valence-electron chi connectivity index (χ3n) is 3.41. The van der Waals surface area contributed by atoms with Gasteiger partial charge in [-0.05, 0) is 25.8 Å². The molecule has 120 valence electrons. The Bertz CT molecular complexity index is 691. The lowest BCUT2D eigenvalue weighted by Crippen LogP contribution is -2.35. The van der Waals surface area contributed by atoms with Gasteiger partial charge in [-0.25, -0.2) is 8.42 Å². The normalized spacial score (nSPS) is 12.0. The first-order chi connectivity index (χ1) is 10.5. The number of aromatic nitrogens is 1. The summed E-state index contributed by atoms with van der Waals surface area (Å²) in [6, 6.07) is 9.62. The van der Waals surface area contributed by atoms with E-state index in [4.69, 9.17) is 4.52 Å². The molecule has 0 bridgehead atoms. The summed E-state index contributed by atoms with van der Waals surface area (Å²) in [5.74, 6) is 0.264. The molecule has 0 amide bonds. The van der Waals surface area contributed by atoms with E-state index in [2.05, 4.69) is 5.16 Å². The first-order valence-electron chi connectivity index (χ1n) is 7.04. The van der Waals surface area contributed by atoms with Crippen molar-refractivity contribution in [1.82, 2.24) is 9.46 Å². The van der Waals surface area contributed by atoms with Crippen molar-refractivity contribution >= 4 is 10.0 Å². The van der Waals surface area contributed by atoms with E-state index in [9.17, 15) is 13.5 Å². The zero-order chi connectivity index (χ0) is 16.2. The summed E-state index contributed by atoms with van der Waals surface area (Å²) in [4.78, 5) is 0.0917. The lowest BCUT2D eigenvalue weighted by molar-refractivity contribution is 0.254. The van der Waals surface area contributed by atoms with Crippen molar-refractivity contribution in [3.05, 3.63) is 47.3 Å². The van der Waals surface area contributed by atoms with E-state index in [0.29, 0.717) is 12.1 Å². The van der Waals surface area contributed by atoms with Crippen LogP contribution in [-0.4, -0.2) is 42.7 Å². The third-order valence-corrected chi connectivity index (χ3v) is 5.55. The molecule has 7 heteroatoms. The van der Waals surface area contributed by atoms with Gasteiger partial charge in [0.05, 0.1) is 6.61 Å². The Labute approximate surface area is 130 Å². The van der Waals surface area contributed by atoms with Gasteiger partial charge in [0.25, 0.3) is 0 Å². The predicted octanol–water partition coefficient (Wildman–Crippen LogP) is 1.52. The number of nitrogens with zero attached hydrogens (tertiary/aromatic N) is 2. The van der Waals surface area contributed by atoms with E-state index >= 15 is 0 Å². The Balaban J connectivity index is 2.23. The molecule has 6 nitrogen and oxygen atoms in total. The lowest BCUT2D eigenvalue weighted by Gasteiger charge is -2.21. The topological polar surface area (TPSA) is 83.6 Å². The van der Waals surface area contributed by atoms with Crippen molar-refractivity contribution in [2.45, 2.75) is 25.2 Å². The minimum absolute atomic E-state index is 0.0409. The minimum atomic E-state index is -3.73. The van der Waals surface area contributed by atoms with Gasteiger partial charge >= 0.3 is 0 Å². The summed E-state index contributed by atoms with van der Waals surface area (Å²) in [7, 11) is -3.73. The Morgan fingerprint density at radius 1 is 1.18 bits per heavy atom. The van der Waals surface area contributed by atoms with Crippen LogP contribution in [0.15, 0.2) is 39.8 Å². The van der Waals surface area contributed by atoms with Crippen LogP contribution >= 0.6 is 0 Å². The van der Waals surface area contributed by atoms with Gasteiger partial charge in [0, 0.05) is 13.1 Å². The number of aliphatic hydroxyl groups is 1. The zero-order valence-corrected chi connectivity index (χ0v) is 13.5. The highest BCUT2D eigenvalue weighted by atomic mass is 32.2. The second-order valence-corrected chi connectivity index (χ2v) is 6.89. The summed E-state index contributed by atoms with van der Waals surface area (Å²) in [6.07, 6.45) is 0.573. The number of hydrogen-bond donors (Lipinski definition) is 1. The number of hydrogen-bond acceptors (Lipinski definition) is 5. The number of aryl methyl sites for hydroxylation is 2.